The van der Waals surface area contributed by atoms with Crippen LogP contribution in [-0.4, -0.2) is 23.0 Å². The number of methoxy groups -OCH3 is 1. The number of amides is 1. The Labute approximate surface area is 105 Å². The highest BCUT2D eigenvalue weighted by Crippen LogP contribution is 2.25. The minimum atomic E-state index is -0.506. The Morgan fingerprint density at radius 1 is 1.33 bits per heavy atom. The van der Waals surface area contributed by atoms with Crippen molar-refractivity contribution in [3.05, 3.63) is 41.9 Å². The van der Waals surface area contributed by atoms with Crippen LogP contribution >= 0.6 is 0 Å². The second kappa shape index (κ2) is 4.83. The minimum Gasteiger partial charge on any atom is -0.481 e. The molecular formula is C13H13N3O2. The lowest BCUT2D eigenvalue weighted by atomic mass is 10.0. The summed E-state index contributed by atoms with van der Waals surface area (Å²) in [5.41, 5.74) is 8.09. The monoisotopic (exact) mass is 243 g/mol. The summed E-state index contributed by atoms with van der Waals surface area (Å²) >= 11 is 0. The summed E-state index contributed by atoms with van der Waals surface area (Å²) in [4.78, 5) is 19.5. The number of hydrogen-bond acceptors (Lipinski definition) is 4. The summed E-state index contributed by atoms with van der Waals surface area (Å²) in [6.07, 6.45) is 3.11. The van der Waals surface area contributed by atoms with Crippen molar-refractivity contribution in [1.29, 1.82) is 0 Å². The molecule has 0 aliphatic heterocycles. The molecule has 0 aliphatic carbocycles. The summed E-state index contributed by atoms with van der Waals surface area (Å²) in [7, 11) is 1.54. The van der Waals surface area contributed by atoms with Crippen molar-refractivity contribution >= 4 is 5.91 Å². The van der Waals surface area contributed by atoms with E-state index in [2.05, 4.69) is 9.97 Å². The summed E-state index contributed by atoms with van der Waals surface area (Å²) < 4.78 is 5.06. The summed E-state index contributed by atoms with van der Waals surface area (Å²) in [6, 6.07) is 5.36. The molecule has 2 aromatic heterocycles. The summed E-state index contributed by atoms with van der Waals surface area (Å²) in [5.74, 6) is -0.0225. The van der Waals surface area contributed by atoms with Crippen molar-refractivity contribution in [2.45, 2.75) is 6.92 Å². The molecule has 0 spiro atoms. The first-order valence-electron chi connectivity index (χ1n) is 5.38. The number of rotatable bonds is 3. The van der Waals surface area contributed by atoms with Gasteiger partial charge in [0, 0.05) is 24.2 Å². The lowest BCUT2D eigenvalue weighted by molar-refractivity contribution is 0.100. The molecule has 0 bridgehead atoms. The van der Waals surface area contributed by atoms with Gasteiger partial charge in [-0.15, -0.1) is 0 Å². The quantitative estimate of drug-likeness (QED) is 0.887. The molecular weight excluding hydrogens is 230 g/mol. The number of nitrogens with zero attached hydrogens (tertiary/aromatic N) is 2. The van der Waals surface area contributed by atoms with E-state index in [1.165, 1.54) is 6.20 Å². The van der Waals surface area contributed by atoms with Crippen molar-refractivity contribution in [3.8, 4) is 17.0 Å². The fraction of sp³-hybridized carbons (Fsp3) is 0.154. The van der Waals surface area contributed by atoms with Gasteiger partial charge >= 0.3 is 0 Å². The molecule has 2 aromatic rings. The van der Waals surface area contributed by atoms with Crippen LogP contribution in [0.2, 0.25) is 0 Å². The molecule has 2 heterocycles. The van der Waals surface area contributed by atoms with E-state index in [4.69, 9.17) is 10.5 Å². The van der Waals surface area contributed by atoms with Crippen molar-refractivity contribution in [1.82, 2.24) is 9.97 Å². The first-order chi connectivity index (χ1) is 8.61. The van der Waals surface area contributed by atoms with Crippen molar-refractivity contribution < 1.29 is 9.53 Å². The van der Waals surface area contributed by atoms with Crippen molar-refractivity contribution in [2.75, 3.05) is 7.11 Å². The maximum Gasteiger partial charge on any atom is 0.250 e. The molecule has 1 amide bonds. The van der Waals surface area contributed by atoms with E-state index in [1.807, 2.05) is 13.0 Å². The summed E-state index contributed by atoms with van der Waals surface area (Å²) in [5, 5.41) is 0. The van der Waals surface area contributed by atoms with E-state index >= 15 is 0 Å². The molecule has 0 aliphatic rings. The van der Waals surface area contributed by atoms with E-state index in [0.29, 0.717) is 11.4 Å². The Hall–Kier alpha value is -2.43. The molecule has 0 unspecified atom stereocenters. The Kier molecular flexibility index (Phi) is 3.23. The standard InChI is InChI=1S/C13H13N3O2/c1-8-5-10(11(7-16-8)13(14)17)9-3-4-15-12(6-9)18-2/h3-7H,1-2H3,(H2,14,17). The van der Waals surface area contributed by atoms with Gasteiger partial charge in [0.1, 0.15) is 0 Å². The SMILES string of the molecule is COc1cc(-c2cc(C)ncc2C(N)=O)ccn1. The maximum atomic E-state index is 11.4. The van der Waals surface area contributed by atoms with Crippen LogP contribution in [-0.2, 0) is 0 Å². The largest absolute Gasteiger partial charge is 0.481 e. The van der Waals surface area contributed by atoms with E-state index in [9.17, 15) is 4.79 Å². The second-order valence-corrected chi connectivity index (χ2v) is 3.82. The lowest BCUT2D eigenvalue weighted by Crippen LogP contribution is -2.13. The van der Waals surface area contributed by atoms with Crippen LogP contribution in [0.15, 0.2) is 30.6 Å². The van der Waals surface area contributed by atoms with Gasteiger partial charge in [-0.2, -0.15) is 0 Å². The number of carbonyl (C=O) groups excluding carboxylic acids is 1. The molecule has 18 heavy (non-hydrogen) atoms. The van der Waals surface area contributed by atoms with E-state index in [1.54, 1.807) is 25.4 Å². The molecule has 0 radical (unpaired) electrons. The molecule has 0 saturated carbocycles. The molecule has 2 rings (SSSR count). The molecule has 5 heteroatoms. The fourth-order valence-electron chi connectivity index (χ4n) is 1.68. The number of primary amides is 1. The van der Waals surface area contributed by atoms with Gasteiger partial charge < -0.3 is 10.5 Å². The number of aryl methyl sites for hydroxylation is 1. The Morgan fingerprint density at radius 2 is 2.11 bits per heavy atom. The molecule has 92 valence electrons. The van der Waals surface area contributed by atoms with Crippen molar-refractivity contribution in [3.63, 3.8) is 0 Å². The highest BCUT2D eigenvalue weighted by atomic mass is 16.5. The van der Waals surface area contributed by atoms with E-state index in [-0.39, 0.29) is 0 Å². The first-order valence-corrected chi connectivity index (χ1v) is 5.38. The zero-order valence-corrected chi connectivity index (χ0v) is 10.2. The lowest BCUT2D eigenvalue weighted by Gasteiger charge is -2.08. The van der Waals surface area contributed by atoms with Crippen LogP contribution in [0.1, 0.15) is 16.1 Å². The molecule has 5 nitrogen and oxygen atoms in total. The zero-order chi connectivity index (χ0) is 13.1. The third-order valence-electron chi connectivity index (χ3n) is 2.56. The number of hydrogen-bond donors (Lipinski definition) is 1. The van der Waals surface area contributed by atoms with Crippen LogP contribution < -0.4 is 10.5 Å². The maximum absolute atomic E-state index is 11.4. The number of pyridine rings is 2. The van der Waals surface area contributed by atoms with Gasteiger partial charge in [-0.25, -0.2) is 4.98 Å². The minimum absolute atomic E-state index is 0.383. The summed E-state index contributed by atoms with van der Waals surface area (Å²) in [6.45, 7) is 1.85. The number of aromatic nitrogens is 2. The number of carbonyl (C=O) groups is 1. The predicted molar refractivity (Wildman–Crippen MR) is 67.3 cm³/mol. The smallest absolute Gasteiger partial charge is 0.250 e. The molecule has 0 saturated heterocycles. The van der Waals surface area contributed by atoms with Gasteiger partial charge in [-0.1, -0.05) is 0 Å². The van der Waals surface area contributed by atoms with Gasteiger partial charge in [0.2, 0.25) is 5.88 Å². The van der Waals surface area contributed by atoms with Gasteiger partial charge in [0.15, 0.2) is 0 Å². The van der Waals surface area contributed by atoms with E-state index in [0.717, 1.165) is 16.8 Å². The average molecular weight is 243 g/mol. The van der Waals surface area contributed by atoms with Crippen LogP contribution in [0.4, 0.5) is 0 Å². The van der Waals surface area contributed by atoms with Gasteiger partial charge in [-0.3, -0.25) is 9.78 Å². The Morgan fingerprint density at radius 3 is 2.78 bits per heavy atom. The van der Waals surface area contributed by atoms with Gasteiger partial charge in [0.25, 0.3) is 5.91 Å². The highest BCUT2D eigenvalue weighted by molar-refractivity contribution is 5.99. The van der Waals surface area contributed by atoms with Gasteiger partial charge in [-0.05, 0) is 30.2 Å². The van der Waals surface area contributed by atoms with Crippen LogP contribution in [0, 0.1) is 6.92 Å². The second-order valence-electron chi connectivity index (χ2n) is 3.82. The van der Waals surface area contributed by atoms with Crippen LogP contribution in [0.25, 0.3) is 11.1 Å². The Balaban J connectivity index is 2.61. The predicted octanol–water partition coefficient (Wildman–Crippen LogP) is 1.56. The average Bonchev–Trinajstić information content (AvgIpc) is 2.38. The number of nitrogens with two attached hydrogens (primary N) is 1. The fourth-order valence-corrected chi connectivity index (χ4v) is 1.68. The first kappa shape index (κ1) is 12.0. The zero-order valence-electron chi connectivity index (χ0n) is 10.2. The topological polar surface area (TPSA) is 78.1 Å². The Bertz CT molecular complexity index is 597. The highest BCUT2D eigenvalue weighted by Gasteiger charge is 2.11. The third kappa shape index (κ3) is 2.29. The molecule has 0 aromatic carbocycles. The van der Waals surface area contributed by atoms with Crippen LogP contribution in [0.5, 0.6) is 5.88 Å². The molecule has 2 N–H and O–H groups in total. The normalized spacial score (nSPS) is 10.1. The number of ether oxygens (including phenoxy) is 1. The molecule has 0 atom stereocenters. The van der Waals surface area contributed by atoms with Crippen LogP contribution in [0.3, 0.4) is 0 Å². The van der Waals surface area contributed by atoms with E-state index < -0.39 is 5.91 Å². The van der Waals surface area contributed by atoms with Crippen molar-refractivity contribution in [2.24, 2.45) is 5.73 Å². The molecule has 0 fully saturated rings. The third-order valence-corrected chi connectivity index (χ3v) is 2.56. The van der Waals surface area contributed by atoms with Gasteiger partial charge in [0.05, 0.1) is 12.7 Å².